The number of anilines is 1. The predicted molar refractivity (Wildman–Crippen MR) is 62.0 cm³/mol. The normalized spacial score (nSPS) is 11.3. The van der Waals surface area contributed by atoms with Gasteiger partial charge in [-0.25, -0.2) is 4.98 Å². The molecule has 4 heteroatoms. The zero-order chi connectivity index (χ0) is 11.0. The first-order valence-electron chi connectivity index (χ1n) is 5.14. The smallest absolute Gasteiger partial charge is 0.157 e. The number of hydrogen-bond acceptors (Lipinski definition) is 3. The van der Waals surface area contributed by atoms with Crippen LogP contribution in [-0.4, -0.2) is 20.8 Å². The summed E-state index contributed by atoms with van der Waals surface area (Å²) in [6.07, 6.45) is 1.85. The molecule has 2 heterocycles. The van der Waals surface area contributed by atoms with E-state index in [0.717, 1.165) is 22.4 Å². The van der Waals surface area contributed by atoms with Gasteiger partial charge in [0.15, 0.2) is 5.65 Å². The van der Waals surface area contributed by atoms with Gasteiger partial charge in [0.2, 0.25) is 0 Å². The van der Waals surface area contributed by atoms with Crippen LogP contribution in [-0.2, 0) is 7.05 Å². The predicted octanol–water partition coefficient (Wildman–Crippen LogP) is 2.10. The van der Waals surface area contributed by atoms with Gasteiger partial charge in [0.25, 0.3) is 0 Å². The molecule has 1 N–H and O–H groups in total. The van der Waals surface area contributed by atoms with Gasteiger partial charge in [-0.05, 0) is 26.8 Å². The van der Waals surface area contributed by atoms with Crippen LogP contribution in [0, 0.1) is 6.92 Å². The van der Waals surface area contributed by atoms with Gasteiger partial charge in [0, 0.05) is 18.5 Å². The molecular formula is C11H16N4. The van der Waals surface area contributed by atoms with Gasteiger partial charge >= 0.3 is 0 Å². The molecule has 0 aliphatic heterocycles. The zero-order valence-corrected chi connectivity index (χ0v) is 9.57. The Kier molecular flexibility index (Phi) is 2.34. The van der Waals surface area contributed by atoms with E-state index >= 15 is 0 Å². The molecule has 0 unspecified atom stereocenters. The maximum absolute atomic E-state index is 4.39. The lowest BCUT2D eigenvalue weighted by Crippen LogP contribution is -2.09. The van der Waals surface area contributed by atoms with E-state index in [0.29, 0.717) is 6.04 Å². The first kappa shape index (κ1) is 9.96. The summed E-state index contributed by atoms with van der Waals surface area (Å²) in [5.74, 6) is 0. The Morgan fingerprint density at radius 1 is 1.40 bits per heavy atom. The first-order chi connectivity index (χ1) is 7.08. The molecule has 80 valence electrons. The van der Waals surface area contributed by atoms with Gasteiger partial charge in [-0.2, -0.15) is 5.10 Å². The fourth-order valence-electron chi connectivity index (χ4n) is 1.72. The monoisotopic (exact) mass is 204 g/mol. The average Bonchev–Trinajstić information content (AvgIpc) is 2.41. The SMILES string of the molecule is Cc1nn(C)c2ncc(NC(C)C)cc12. The van der Waals surface area contributed by atoms with E-state index in [1.165, 1.54) is 0 Å². The van der Waals surface area contributed by atoms with E-state index in [9.17, 15) is 0 Å². The Hall–Kier alpha value is -1.58. The van der Waals surface area contributed by atoms with Crippen molar-refractivity contribution in [2.75, 3.05) is 5.32 Å². The van der Waals surface area contributed by atoms with Crippen molar-refractivity contribution < 1.29 is 0 Å². The highest BCUT2D eigenvalue weighted by Crippen LogP contribution is 2.19. The van der Waals surface area contributed by atoms with Gasteiger partial charge in [0.1, 0.15) is 0 Å². The molecule has 0 fully saturated rings. The van der Waals surface area contributed by atoms with Crippen molar-refractivity contribution in [3.8, 4) is 0 Å². The van der Waals surface area contributed by atoms with Gasteiger partial charge < -0.3 is 5.32 Å². The minimum absolute atomic E-state index is 0.418. The lowest BCUT2D eigenvalue weighted by atomic mass is 10.2. The summed E-state index contributed by atoms with van der Waals surface area (Å²) < 4.78 is 1.81. The third kappa shape index (κ3) is 1.79. The number of nitrogens with zero attached hydrogens (tertiary/aromatic N) is 3. The second-order valence-corrected chi connectivity index (χ2v) is 4.10. The Balaban J connectivity index is 2.50. The van der Waals surface area contributed by atoms with E-state index in [2.05, 4.69) is 35.3 Å². The Labute approximate surface area is 89.3 Å². The van der Waals surface area contributed by atoms with Crippen LogP contribution < -0.4 is 5.32 Å². The highest BCUT2D eigenvalue weighted by molar-refractivity contribution is 5.81. The van der Waals surface area contributed by atoms with Crippen molar-refractivity contribution in [2.45, 2.75) is 26.8 Å². The Bertz CT molecular complexity index is 485. The Morgan fingerprint density at radius 3 is 2.80 bits per heavy atom. The molecular weight excluding hydrogens is 188 g/mol. The second-order valence-electron chi connectivity index (χ2n) is 4.10. The quantitative estimate of drug-likeness (QED) is 0.814. The summed E-state index contributed by atoms with van der Waals surface area (Å²) in [6, 6.07) is 2.52. The fourth-order valence-corrected chi connectivity index (χ4v) is 1.72. The molecule has 0 aliphatic rings. The summed E-state index contributed by atoms with van der Waals surface area (Å²) in [7, 11) is 1.91. The van der Waals surface area contributed by atoms with Crippen LogP contribution >= 0.6 is 0 Å². The molecule has 2 aromatic rings. The number of aryl methyl sites for hydroxylation is 2. The van der Waals surface area contributed by atoms with Crippen molar-refractivity contribution in [2.24, 2.45) is 7.05 Å². The molecule has 2 aromatic heterocycles. The number of rotatable bonds is 2. The average molecular weight is 204 g/mol. The summed E-state index contributed by atoms with van der Waals surface area (Å²) in [5, 5.41) is 8.78. The standard InChI is InChI=1S/C11H16N4/c1-7(2)13-9-5-10-8(3)14-15(4)11(10)12-6-9/h5-7,13H,1-4H3. The molecule has 0 atom stereocenters. The maximum Gasteiger partial charge on any atom is 0.157 e. The molecule has 2 rings (SSSR count). The number of aromatic nitrogens is 3. The van der Waals surface area contributed by atoms with E-state index in [1.807, 2.05) is 24.9 Å². The van der Waals surface area contributed by atoms with E-state index in [-0.39, 0.29) is 0 Å². The van der Waals surface area contributed by atoms with Gasteiger partial charge in [-0.15, -0.1) is 0 Å². The lowest BCUT2D eigenvalue weighted by Gasteiger charge is -2.09. The van der Waals surface area contributed by atoms with E-state index in [1.54, 1.807) is 0 Å². The van der Waals surface area contributed by atoms with Crippen LogP contribution in [0.15, 0.2) is 12.3 Å². The molecule has 0 spiro atoms. The summed E-state index contributed by atoms with van der Waals surface area (Å²) in [4.78, 5) is 4.39. The molecule has 0 aliphatic carbocycles. The molecule has 0 aromatic carbocycles. The van der Waals surface area contributed by atoms with Gasteiger partial charge in [-0.3, -0.25) is 4.68 Å². The van der Waals surface area contributed by atoms with Crippen LogP contribution in [0.3, 0.4) is 0 Å². The van der Waals surface area contributed by atoms with Crippen LogP contribution in [0.2, 0.25) is 0 Å². The highest BCUT2D eigenvalue weighted by atomic mass is 15.3. The molecule has 0 amide bonds. The number of pyridine rings is 1. The van der Waals surface area contributed by atoms with Crippen molar-refractivity contribution in [1.82, 2.24) is 14.8 Å². The van der Waals surface area contributed by atoms with Crippen molar-refractivity contribution >= 4 is 16.7 Å². The Morgan fingerprint density at radius 2 is 2.13 bits per heavy atom. The van der Waals surface area contributed by atoms with Crippen LogP contribution in [0.1, 0.15) is 19.5 Å². The van der Waals surface area contributed by atoms with Crippen LogP contribution in [0.25, 0.3) is 11.0 Å². The van der Waals surface area contributed by atoms with E-state index < -0.39 is 0 Å². The van der Waals surface area contributed by atoms with E-state index in [4.69, 9.17) is 0 Å². The number of hydrogen-bond donors (Lipinski definition) is 1. The molecule has 0 saturated carbocycles. The maximum atomic E-state index is 4.39. The zero-order valence-electron chi connectivity index (χ0n) is 9.57. The second kappa shape index (κ2) is 3.53. The summed E-state index contributed by atoms with van der Waals surface area (Å²) in [5.41, 5.74) is 3.00. The minimum atomic E-state index is 0.418. The molecule has 4 nitrogen and oxygen atoms in total. The highest BCUT2D eigenvalue weighted by Gasteiger charge is 2.06. The first-order valence-corrected chi connectivity index (χ1v) is 5.14. The minimum Gasteiger partial charge on any atom is -0.382 e. The van der Waals surface area contributed by atoms with Crippen LogP contribution in [0.5, 0.6) is 0 Å². The largest absolute Gasteiger partial charge is 0.382 e. The van der Waals surface area contributed by atoms with Gasteiger partial charge in [-0.1, -0.05) is 0 Å². The fraction of sp³-hybridized carbons (Fsp3) is 0.455. The third-order valence-corrected chi connectivity index (χ3v) is 2.32. The molecule has 0 saturated heterocycles. The topological polar surface area (TPSA) is 42.7 Å². The number of fused-ring (bicyclic) bond motifs is 1. The summed E-state index contributed by atoms with van der Waals surface area (Å²) >= 11 is 0. The van der Waals surface area contributed by atoms with Crippen molar-refractivity contribution in [3.05, 3.63) is 18.0 Å². The lowest BCUT2D eigenvalue weighted by molar-refractivity contribution is 0.774. The van der Waals surface area contributed by atoms with Crippen molar-refractivity contribution in [3.63, 3.8) is 0 Å². The van der Waals surface area contributed by atoms with Crippen LogP contribution in [0.4, 0.5) is 5.69 Å². The molecule has 0 bridgehead atoms. The molecule has 15 heavy (non-hydrogen) atoms. The summed E-state index contributed by atoms with van der Waals surface area (Å²) in [6.45, 7) is 6.23. The van der Waals surface area contributed by atoms with Crippen molar-refractivity contribution in [1.29, 1.82) is 0 Å². The third-order valence-electron chi connectivity index (χ3n) is 2.32. The number of nitrogens with one attached hydrogen (secondary N) is 1. The molecule has 0 radical (unpaired) electrons. The van der Waals surface area contributed by atoms with Gasteiger partial charge in [0.05, 0.1) is 17.6 Å².